The van der Waals surface area contributed by atoms with Crippen LogP contribution in [0.4, 0.5) is 4.79 Å². The van der Waals surface area contributed by atoms with Gasteiger partial charge in [0, 0.05) is 6.54 Å². The van der Waals surface area contributed by atoms with Gasteiger partial charge < -0.3 is 25.4 Å². The number of nitrogens with zero attached hydrogens (tertiary/aromatic N) is 1. The summed E-state index contributed by atoms with van der Waals surface area (Å²) in [6.45, 7) is 8.78. The molecule has 0 spiro atoms. The quantitative estimate of drug-likeness (QED) is 0.297. The lowest BCUT2D eigenvalue weighted by atomic mass is 9.96. The van der Waals surface area contributed by atoms with Crippen molar-refractivity contribution < 1.29 is 14.3 Å². The molecule has 2 aliphatic heterocycles. The molecule has 0 aromatic heterocycles. The Morgan fingerprint density at radius 2 is 2.00 bits per heavy atom. The van der Waals surface area contributed by atoms with Crippen molar-refractivity contribution in [2.24, 2.45) is 4.99 Å². The van der Waals surface area contributed by atoms with Crippen LogP contribution in [0.2, 0.25) is 0 Å². The molecule has 1 amide bonds. The maximum Gasteiger partial charge on any atom is 0.408 e. The second-order valence-corrected chi connectivity index (χ2v) is 8.69. The number of fused-ring (bicyclic) bond motifs is 2. The van der Waals surface area contributed by atoms with Gasteiger partial charge in [-0.3, -0.25) is 4.99 Å². The summed E-state index contributed by atoms with van der Waals surface area (Å²) >= 11 is 0. The first-order valence-electron chi connectivity index (χ1n) is 10.6. The Morgan fingerprint density at radius 1 is 1.27 bits per heavy atom. The van der Waals surface area contributed by atoms with Gasteiger partial charge in [-0.15, -0.1) is 24.0 Å². The molecule has 3 rings (SSSR count). The summed E-state index contributed by atoms with van der Waals surface area (Å²) in [6, 6.07) is 9.86. The van der Waals surface area contributed by atoms with Crippen molar-refractivity contribution in [3.63, 3.8) is 0 Å². The first kappa shape index (κ1) is 24.7. The fourth-order valence-electron chi connectivity index (χ4n) is 3.84. The molecule has 30 heavy (non-hydrogen) atoms. The lowest BCUT2D eigenvalue weighted by Gasteiger charge is -2.25. The van der Waals surface area contributed by atoms with Crippen LogP contribution in [0.3, 0.4) is 0 Å². The maximum absolute atomic E-state index is 12.3. The van der Waals surface area contributed by atoms with Gasteiger partial charge in [-0.25, -0.2) is 4.79 Å². The lowest BCUT2D eigenvalue weighted by Crippen LogP contribution is -2.47. The number of benzene rings is 1. The third-order valence-electron chi connectivity index (χ3n) is 5.10. The molecular formula is C22H35IN4O3. The number of rotatable bonds is 6. The smallest absolute Gasteiger partial charge is 0.408 e. The monoisotopic (exact) mass is 530 g/mol. The number of guanidine groups is 1. The summed E-state index contributed by atoms with van der Waals surface area (Å²) in [4.78, 5) is 17.1. The number of nitrogens with one attached hydrogen (secondary N) is 3. The highest BCUT2D eigenvalue weighted by Gasteiger charge is 2.41. The summed E-state index contributed by atoms with van der Waals surface area (Å²) in [6.07, 6.45) is 3.50. The largest absolute Gasteiger partial charge is 0.444 e. The molecule has 8 heteroatoms. The van der Waals surface area contributed by atoms with E-state index in [2.05, 4.69) is 16.0 Å². The zero-order valence-electron chi connectivity index (χ0n) is 18.3. The Kier molecular flexibility index (Phi) is 9.21. The molecular weight excluding hydrogens is 495 g/mol. The molecule has 0 saturated carbocycles. The van der Waals surface area contributed by atoms with E-state index >= 15 is 0 Å². The molecule has 2 saturated heterocycles. The molecule has 0 radical (unpaired) electrons. The summed E-state index contributed by atoms with van der Waals surface area (Å²) in [5.41, 5.74) is 0.438. The molecule has 4 unspecified atom stereocenters. The Morgan fingerprint density at radius 3 is 2.57 bits per heavy atom. The van der Waals surface area contributed by atoms with E-state index in [1.807, 2.05) is 58.0 Å². The Balaban J connectivity index is 0.00000320. The Bertz CT molecular complexity index is 708. The average molecular weight is 530 g/mol. The minimum atomic E-state index is -0.549. The van der Waals surface area contributed by atoms with Crippen molar-refractivity contribution in [1.29, 1.82) is 0 Å². The van der Waals surface area contributed by atoms with Gasteiger partial charge in [0.05, 0.1) is 30.8 Å². The van der Waals surface area contributed by atoms with Crippen molar-refractivity contribution in [2.75, 3.05) is 13.1 Å². The van der Waals surface area contributed by atoms with Crippen LogP contribution < -0.4 is 16.0 Å². The standard InChI is InChI=1S/C22H34N4O3.HI/c1-5-23-20(25-17-13-16-11-12-19(17)28-16)24-14-18(15-9-7-6-8-10-15)26-21(27)29-22(2,3)4;/h6-10,16-19H,5,11-14H2,1-4H3,(H,26,27)(H2,23,24,25);1H. The van der Waals surface area contributed by atoms with Crippen LogP contribution in [-0.2, 0) is 9.47 Å². The van der Waals surface area contributed by atoms with Gasteiger partial charge in [0.2, 0.25) is 0 Å². The number of carbonyl (C=O) groups excluding carboxylic acids is 1. The number of halogens is 1. The highest BCUT2D eigenvalue weighted by molar-refractivity contribution is 14.0. The molecule has 3 N–H and O–H groups in total. The third-order valence-corrected chi connectivity index (χ3v) is 5.10. The van der Waals surface area contributed by atoms with E-state index in [0.29, 0.717) is 18.7 Å². The van der Waals surface area contributed by atoms with E-state index in [-0.39, 0.29) is 36.1 Å². The number of ether oxygens (including phenoxy) is 2. The van der Waals surface area contributed by atoms with E-state index < -0.39 is 11.7 Å². The zero-order chi connectivity index (χ0) is 20.9. The van der Waals surface area contributed by atoms with Crippen LogP contribution in [0.15, 0.2) is 35.3 Å². The minimum absolute atomic E-state index is 0. The van der Waals surface area contributed by atoms with E-state index in [9.17, 15) is 4.79 Å². The number of carbonyl (C=O) groups is 1. The molecule has 1 aromatic rings. The second kappa shape index (κ2) is 11.2. The fourth-order valence-corrected chi connectivity index (χ4v) is 3.84. The highest BCUT2D eigenvalue weighted by Crippen LogP contribution is 2.34. The highest BCUT2D eigenvalue weighted by atomic mass is 127. The SMILES string of the molecule is CCNC(=NCC(NC(=O)OC(C)(C)C)c1ccccc1)NC1CC2CCC1O2.I. The van der Waals surface area contributed by atoms with Gasteiger partial charge >= 0.3 is 6.09 Å². The third kappa shape index (κ3) is 7.30. The van der Waals surface area contributed by atoms with Crippen LogP contribution >= 0.6 is 24.0 Å². The molecule has 7 nitrogen and oxygen atoms in total. The van der Waals surface area contributed by atoms with Gasteiger partial charge in [0.15, 0.2) is 5.96 Å². The maximum atomic E-state index is 12.3. The molecule has 2 aliphatic rings. The van der Waals surface area contributed by atoms with E-state index in [1.165, 1.54) is 0 Å². The van der Waals surface area contributed by atoms with Crippen LogP contribution in [0.1, 0.15) is 58.6 Å². The van der Waals surface area contributed by atoms with Gasteiger partial charge in [0.1, 0.15) is 5.60 Å². The normalized spacial score (nSPS) is 24.0. The molecule has 1 aromatic carbocycles. The molecule has 0 aliphatic carbocycles. The Labute approximate surface area is 196 Å². The van der Waals surface area contributed by atoms with E-state index in [0.717, 1.165) is 37.3 Å². The fraction of sp³-hybridized carbons (Fsp3) is 0.636. The molecule has 2 heterocycles. The van der Waals surface area contributed by atoms with Gasteiger partial charge in [-0.05, 0) is 52.5 Å². The second-order valence-electron chi connectivity index (χ2n) is 8.69. The topological polar surface area (TPSA) is 84.0 Å². The first-order chi connectivity index (χ1) is 13.8. The molecule has 168 valence electrons. The zero-order valence-corrected chi connectivity index (χ0v) is 20.6. The van der Waals surface area contributed by atoms with Crippen LogP contribution in [0.25, 0.3) is 0 Å². The summed E-state index contributed by atoms with van der Waals surface area (Å²) in [7, 11) is 0. The number of alkyl carbamates (subject to hydrolysis) is 1. The molecule has 4 atom stereocenters. The summed E-state index contributed by atoms with van der Waals surface area (Å²) in [5, 5.41) is 9.78. The summed E-state index contributed by atoms with van der Waals surface area (Å²) in [5.74, 6) is 0.751. The van der Waals surface area contributed by atoms with E-state index in [1.54, 1.807) is 0 Å². The van der Waals surface area contributed by atoms with E-state index in [4.69, 9.17) is 14.5 Å². The van der Waals surface area contributed by atoms with Crippen molar-refractivity contribution in [1.82, 2.24) is 16.0 Å². The van der Waals surface area contributed by atoms with Crippen LogP contribution in [0, 0.1) is 0 Å². The molecule has 2 fully saturated rings. The van der Waals surface area contributed by atoms with Crippen molar-refractivity contribution in [3.05, 3.63) is 35.9 Å². The van der Waals surface area contributed by atoms with Crippen molar-refractivity contribution in [3.8, 4) is 0 Å². The van der Waals surface area contributed by atoms with Crippen molar-refractivity contribution in [2.45, 2.75) is 76.9 Å². The van der Waals surface area contributed by atoms with Crippen molar-refractivity contribution >= 4 is 36.0 Å². The number of hydrogen-bond acceptors (Lipinski definition) is 4. The van der Waals surface area contributed by atoms with Gasteiger partial charge in [-0.1, -0.05) is 30.3 Å². The number of amides is 1. The number of aliphatic imine (C=N–C) groups is 1. The van der Waals surface area contributed by atoms with Crippen LogP contribution in [-0.4, -0.2) is 49.0 Å². The van der Waals surface area contributed by atoms with Gasteiger partial charge in [0.25, 0.3) is 0 Å². The average Bonchev–Trinajstić information content (AvgIpc) is 3.27. The first-order valence-corrected chi connectivity index (χ1v) is 10.6. The van der Waals surface area contributed by atoms with Crippen LogP contribution in [0.5, 0.6) is 0 Å². The predicted octanol–water partition coefficient (Wildman–Crippen LogP) is 3.75. The number of hydrogen-bond donors (Lipinski definition) is 3. The predicted molar refractivity (Wildman–Crippen MR) is 129 cm³/mol. The minimum Gasteiger partial charge on any atom is -0.444 e. The Hall–Kier alpha value is -1.55. The summed E-state index contributed by atoms with van der Waals surface area (Å²) < 4.78 is 11.4. The molecule has 2 bridgehead atoms. The van der Waals surface area contributed by atoms with Gasteiger partial charge in [-0.2, -0.15) is 0 Å². The lowest BCUT2D eigenvalue weighted by molar-refractivity contribution is 0.0505.